The molecule has 82 valence electrons. The molecule has 1 rings (SSSR count). The molecule has 1 aromatic heterocycles. The van der Waals surface area contributed by atoms with Crippen molar-refractivity contribution in [2.75, 3.05) is 6.26 Å². The van der Waals surface area contributed by atoms with Crippen LogP contribution in [0.5, 0.6) is 0 Å². The Bertz CT molecular complexity index is 496. The van der Waals surface area contributed by atoms with Gasteiger partial charge >= 0.3 is 0 Å². The summed E-state index contributed by atoms with van der Waals surface area (Å²) in [6, 6.07) is 0. The minimum Gasteiger partial charge on any atom is -0.369 e. The molecule has 0 atom stereocenters. The molecule has 1 amide bonds. The minimum absolute atomic E-state index is 0.0382. The molecule has 6 nitrogen and oxygen atoms in total. The number of hydrogen-bond acceptors (Lipinski definition) is 5. The fourth-order valence-corrected chi connectivity index (χ4v) is 2.48. The molecule has 0 aliphatic carbocycles. The number of aryl methyl sites for hydroxylation is 1. The Kier molecular flexibility index (Phi) is 3.04. The van der Waals surface area contributed by atoms with Gasteiger partial charge in [0.25, 0.3) is 0 Å². The number of nitrogens with two attached hydrogens (primary N) is 1. The lowest BCUT2D eigenvalue weighted by Crippen LogP contribution is -2.18. The average molecular weight is 229 g/mol. The third-order valence-corrected chi connectivity index (χ3v) is 3.06. The van der Waals surface area contributed by atoms with Crippen molar-refractivity contribution >= 4 is 15.7 Å². The zero-order chi connectivity index (χ0) is 11.6. The predicted octanol–water partition coefficient (Wildman–Crippen LogP) is -0.784. The number of carbonyl (C=O) groups is 1. The van der Waals surface area contributed by atoms with Gasteiger partial charge in [-0.3, -0.25) is 4.79 Å². The Morgan fingerprint density at radius 3 is 2.60 bits per heavy atom. The molecule has 0 aliphatic heterocycles. The summed E-state index contributed by atoms with van der Waals surface area (Å²) in [6.45, 7) is 1.59. The molecule has 2 N–H and O–H groups in total. The molecule has 0 spiro atoms. The Hall–Kier alpha value is -1.50. The van der Waals surface area contributed by atoms with Crippen LogP contribution in [-0.4, -0.2) is 30.8 Å². The number of hydrogen-bond donors (Lipinski definition) is 1. The maximum Gasteiger partial charge on any atom is 0.223 e. The second-order valence-electron chi connectivity index (χ2n) is 3.22. The van der Waals surface area contributed by atoms with Gasteiger partial charge in [0.15, 0.2) is 9.84 Å². The standard InChI is InChI=1S/C8H11N3O3S/c1-5-4-10-11-6(3-7(9)12)8(5)15(2,13)14/h4H,3H2,1-2H3,(H2,9,12). The summed E-state index contributed by atoms with van der Waals surface area (Å²) < 4.78 is 22.9. The lowest BCUT2D eigenvalue weighted by Gasteiger charge is -2.06. The van der Waals surface area contributed by atoms with Gasteiger partial charge in [0, 0.05) is 6.26 Å². The number of primary amides is 1. The molecular weight excluding hydrogens is 218 g/mol. The molecule has 0 aromatic carbocycles. The van der Waals surface area contributed by atoms with E-state index < -0.39 is 15.7 Å². The first-order chi connectivity index (χ1) is 6.82. The highest BCUT2D eigenvalue weighted by atomic mass is 32.2. The molecule has 1 aromatic rings. The number of aromatic nitrogens is 2. The van der Waals surface area contributed by atoms with Crippen LogP contribution in [0.1, 0.15) is 11.3 Å². The lowest BCUT2D eigenvalue weighted by molar-refractivity contribution is -0.117. The van der Waals surface area contributed by atoms with E-state index in [-0.39, 0.29) is 17.0 Å². The fraction of sp³-hybridized carbons (Fsp3) is 0.375. The quantitative estimate of drug-likeness (QED) is 0.732. The van der Waals surface area contributed by atoms with E-state index in [1.807, 2.05) is 0 Å². The number of sulfone groups is 1. The van der Waals surface area contributed by atoms with Crippen LogP contribution in [0.2, 0.25) is 0 Å². The topological polar surface area (TPSA) is 103 Å². The van der Waals surface area contributed by atoms with Crippen LogP contribution in [0.3, 0.4) is 0 Å². The first-order valence-corrected chi connectivity index (χ1v) is 6.01. The van der Waals surface area contributed by atoms with Crippen molar-refractivity contribution < 1.29 is 13.2 Å². The second-order valence-corrected chi connectivity index (χ2v) is 5.17. The van der Waals surface area contributed by atoms with Gasteiger partial charge < -0.3 is 5.73 Å². The summed E-state index contributed by atoms with van der Waals surface area (Å²) in [5.74, 6) is -0.639. The van der Waals surface area contributed by atoms with Crippen molar-refractivity contribution in [1.29, 1.82) is 0 Å². The first-order valence-electron chi connectivity index (χ1n) is 4.12. The lowest BCUT2D eigenvalue weighted by atomic mass is 10.2. The summed E-state index contributed by atoms with van der Waals surface area (Å²) in [5.41, 5.74) is 5.55. The van der Waals surface area contributed by atoms with Gasteiger partial charge in [-0.25, -0.2) is 8.42 Å². The van der Waals surface area contributed by atoms with E-state index >= 15 is 0 Å². The van der Waals surface area contributed by atoms with E-state index in [0.717, 1.165) is 6.26 Å². The Morgan fingerprint density at radius 1 is 1.53 bits per heavy atom. The second kappa shape index (κ2) is 3.93. The number of nitrogens with zero attached hydrogens (tertiary/aromatic N) is 2. The van der Waals surface area contributed by atoms with Crippen LogP contribution >= 0.6 is 0 Å². The van der Waals surface area contributed by atoms with Crippen LogP contribution in [0.25, 0.3) is 0 Å². The summed E-state index contributed by atoms with van der Waals surface area (Å²) >= 11 is 0. The molecule has 0 unspecified atom stereocenters. The van der Waals surface area contributed by atoms with Gasteiger partial charge in [-0.1, -0.05) is 0 Å². The van der Waals surface area contributed by atoms with Crippen molar-refractivity contribution in [2.45, 2.75) is 18.2 Å². The summed E-state index contributed by atoms with van der Waals surface area (Å²) in [5, 5.41) is 7.21. The number of rotatable bonds is 3. The van der Waals surface area contributed by atoms with Gasteiger partial charge in [0.1, 0.15) is 0 Å². The molecule has 0 fully saturated rings. The van der Waals surface area contributed by atoms with Crippen LogP contribution in [0, 0.1) is 6.92 Å². The fourth-order valence-electron chi connectivity index (χ4n) is 1.30. The van der Waals surface area contributed by atoms with E-state index in [1.165, 1.54) is 6.20 Å². The smallest absolute Gasteiger partial charge is 0.223 e. The molecular formula is C8H11N3O3S. The molecule has 0 saturated heterocycles. The molecule has 0 radical (unpaired) electrons. The molecule has 7 heteroatoms. The van der Waals surface area contributed by atoms with Crippen molar-refractivity contribution in [3.05, 3.63) is 17.5 Å². The zero-order valence-corrected chi connectivity index (χ0v) is 9.21. The van der Waals surface area contributed by atoms with Crippen LogP contribution in [-0.2, 0) is 21.1 Å². The SMILES string of the molecule is Cc1cnnc(CC(N)=O)c1S(C)(=O)=O. The molecule has 1 heterocycles. The third-order valence-electron chi connectivity index (χ3n) is 1.76. The van der Waals surface area contributed by atoms with E-state index in [0.29, 0.717) is 5.56 Å². The Balaban J connectivity index is 3.40. The summed E-state index contributed by atoms with van der Waals surface area (Å²) in [7, 11) is -3.42. The molecule has 15 heavy (non-hydrogen) atoms. The van der Waals surface area contributed by atoms with Crippen LogP contribution < -0.4 is 5.73 Å². The maximum absolute atomic E-state index is 11.4. The van der Waals surface area contributed by atoms with E-state index in [4.69, 9.17) is 5.73 Å². The zero-order valence-electron chi connectivity index (χ0n) is 8.39. The van der Waals surface area contributed by atoms with Gasteiger partial charge in [0.05, 0.1) is 23.2 Å². The first kappa shape index (κ1) is 11.6. The van der Waals surface area contributed by atoms with Gasteiger partial charge in [0.2, 0.25) is 5.91 Å². The van der Waals surface area contributed by atoms with Crippen molar-refractivity contribution in [3.8, 4) is 0 Å². The highest BCUT2D eigenvalue weighted by Gasteiger charge is 2.19. The third kappa shape index (κ3) is 2.72. The Morgan fingerprint density at radius 2 is 2.13 bits per heavy atom. The highest BCUT2D eigenvalue weighted by molar-refractivity contribution is 7.90. The maximum atomic E-state index is 11.4. The monoisotopic (exact) mass is 229 g/mol. The van der Waals surface area contributed by atoms with Crippen molar-refractivity contribution in [2.24, 2.45) is 5.73 Å². The predicted molar refractivity (Wildman–Crippen MR) is 52.8 cm³/mol. The van der Waals surface area contributed by atoms with Crippen LogP contribution in [0.4, 0.5) is 0 Å². The Labute approximate surface area is 87.4 Å². The summed E-state index contributed by atoms with van der Waals surface area (Å²) in [4.78, 5) is 10.8. The summed E-state index contributed by atoms with van der Waals surface area (Å²) in [6.07, 6.45) is 2.17. The minimum atomic E-state index is -3.42. The normalized spacial score (nSPS) is 11.3. The van der Waals surface area contributed by atoms with Gasteiger partial charge in [-0.15, -0.1) is 0 Å². The van der Waals surface area contributed by atoms with E-state index in [2.05, 4.69) is 10.2 Å². The van der Waals surface area contributed by atoms with Gasteiger partial charge in [-0.2, -0.15) is 10.2 Å². The van der Waals surface area contributed by atoms with Crippen molar-refractivity contribution in [3.63, 3.8) is 0 Å². The molecule has 0 aliphatic rings. The van der Waals surface area contributed by atoms with Crippen LogP contribution in [0.15, 0.2) is 11.1 Å². The molecule has 0 saturated carbocycles. The highest BCUT2D eigenvalue weighted by Crippen LogP contribution is 2.17. The number of carbonyl (C=O) groups excluding carboxylic acids is 1. The van der Waals surface area contributed by atoms with E-state index in [1.54, 1.807) is 6.92 Å². The van der Waals surface area contributed by atoms with Gasteiger partial charge in [-0.05, 0) is 12.5 Å². The average Bonchev–Trinajstić information content (AvgIpc) is 1.99. The van der Waals surface area contributed by atoms with E-state index in [9.17, 15) is 13.2 Å². The number of amides is 1. The molecule has 0 bridgehead atoms. The largest absolute Gasteiger partial charge is 0.369 e. The van der Waals surface area contributed by atoms with Crippen molar-refractivity contribution in [1.82, 2.24) is 10.2 Å².